The number of ether oxygens (including phenoxy) is 2. The van der Waals surface area contributed by atoms with Crippen molar-refractivity contribution >= 4 is 11.9 Å². The van der Waals surface area contributed by atoms with Gasteiger partial charge in [-0.3, -0.25) is 4.79 Å². The van der Waals surface area contributed by atoms with E-state index in [1.807, 2.05) is 27.7 Å². The van der Waals surface area contributed by atoms with Crippen molar-refractivity contribution in [1.82, 2.24) is 4.90 Å². The van der Waals surface area contributed by atoms with Crippen LogP contribution in [-0.4, -0.2) is 47.7 Å². The lowest BCUT2D eigenvalue weighted by Crippen LogP contribution is -2.48. The summed E-state index contributed by atoms with van der Waals surface area (Å²) in [5, 5.41) is 0. The molecule has 1 saturated heterocycles. The molecule has 0 atom stereocenters. The standard InChI is InChI=1S/C14H25NO4/c1-11(16)10-18-14(5)6-8-15(9-7-14)12(17)19-13(2,3)4/h6-10H2,1-5H3. The van der Waals surface area contributed by atoms with Crippen LogP contribution in [0, 0.1) is 0 Å². The Morgan fingerprint density at radius 1 is 1.21 bits per heavy atom. The van der Waals surface area contributed by atoms with Gasteiger partial charge in [0.05, 0.1) is 5.60 Å². The van der Waals surface area contributed by atoms with Crippen LogP contribution in [0.4, 0.5) is 4.79 Å². The van der Waals surface area contributed by atoms with Gasteiger partial charge in [0, 0.05) is 13.1 Å². The molecule has 5 nitrogen and oxygen atoms in total. The Balaban J connectivity index is 2.44. The fourth-order valence-electron chi connectivity index (χ4n) is 1.91. The Morgan fingerprint density at radius 3 is 2.16 bits per heavy atom. The van der Waals surface area contributed by atoms with Crippen molar-refractivity contribution in [2.45, 2.75) is 58.7 Å². The van der Waals surface area contributed by atoms with E-state index in [4.69, 9.17) is 9.47 Å². The summed E-state index contributed by atoms with van der Waals surface area (Å²) in [6.45, 7) is 10.4. The summed E-state index contributed by atoms with van der Waals surface area (Å²) in [6, 6.07) is 0. The van der Waals surface area contributed by atoms with E-state index in [9.17, 15) is 9.59 Å². The van der Waals surface area contributed by atoms with Gasteiger partial charge in [-0.15, -0.1) is 0 Å². The molecule has 1 amide bonds. The van der Waals surface area contributed by atoms with Gasteiger partial charge < -0.3 is 14.4 Å². The smallest absolute Gasteiger partial charge is 0.410 e. The van der Waals surface area contributed by atoms with E-state index in [1.165, 1.54) is 6.92 Å². The fourth-order valence-corrected chi connectivity index (χ4v) is 1.91. The molecule has 0 unspecified atom stereocenters. The second-order valence-electron chi connectivity index (χ2n) is 6.41. The minimum absolute atomic E-state index is 0.0239. The van der Waals surface area contributed by atoms with E-state index in [-0.39, 0.29) is 24.1 Å². The van der Waals surface area contributed by atoms with Crippen molar-refractivity contribution in [2.24, 2.45) is 0 Å². The second-order valence-corrected chi connectivity index (χ2v) is 6.41. The van der Waals surface area contributed by atoms with E-state index in [1.54, 1.807) is 4.90 Å². The van der Waals surface area contributed by atoms with Crippen LogP contribution in [0.3, 0.4) is 0 Å². The van der Waals surface area contributed by atoms with Gasteiger partial charge in [0.2, 0.25) is 0 Å². The highest BCUT2D eigenvalue weighted by Crippen LogP contribution is 2.26. The van der Waals surface area contributed by atoms with Crippen LogP contribution in [0.25, 0.3) is 0 Å². The van der Waals surface area contributed by atoms with Crippen LogP contribution in [-0.2, 0) is 14.3 Å². The Bertz CT molecular complexity index is 338. The third kappa shape index (κ3) is 5.59. The lowest BCUT2D eigenvalue weighted by Gasteiger charge is -2.39. The molecule has 0 radical (unpaired) electrons. The third-order valence-electron chi connectivity index (χ3n) is 3.10. The molecule has 110 valence electrons. The first-order chi connectivity index (χ1) is 8.61. The van der Waals surface area contributed by atoms with Crippen LogP contribution in [0.5, 0.6) is 0 Å². The average Bonchev–Trinajstić information content (AvgIpc) is 2.25. The number of ketones is 1. The molecule has 1 heterocycles. The van der Waals surface area contributed by atoms with E-state index in [2.05, 4.69) is 0 Å². The summed E-state index contributed by atoms with van der Waals surface area (Å²) in [4.78, 5) is 24.5. The minimum atomic E-state index is -0.469. The summed E-state index contributed by atoms with van der Waals surface area (Å²) in [5.74, 6) is 0.0239. The van der Waals surface area contributed by atoms with Gasteiger partial charge in [-0.05, 0) is 47.5 Å². The number of likely N-dealkylation sites (tertiary alicyclic amines) is 1. The molecule has 1 fully saturated rings. The Hall–Kier alpha value is -1.10. The predicted octanol–water partition coefficient (Wildman–Crippen LogP) is 2.38. The zero-order valence-electron chi connectivity index (χ0n) is 12.6. The van der Waals surface area contributed by atoms with Crippen LogP contribution in [0.2, 0.25) is 0 Å². The Labute approximate surface area is 115 Å². The molecule has 0 aromatic heterocycles. The number of rotatable bonds is 3. The SMILES string of the molecule is CC(=O)COC1(C)CCN(C(=O)OC(C)(C)C)CC1. The number of carbonyl (C=O) groups excluding carboxylic acids is 2. The van der Waals surface area contributed by atoms with Gasteiger partial charge in [0.15, 0.2) is 5.78 Å². The normalized spacial score (nSPS) is 19.1. The number of nitrogens with zero attached hydrogens (tertiary/aromatic N) is 1. The van der Waals surface area contributed by atoms with Crippen molar-refractivity contribution in [2.75, 3.05) is 19.7 Å². The van der Waals surface area contributed by atoms with Crippen LogP contribution in [0.1, 0.15) is 47.5 Å². The number of hydrogen-bond acceptors (Lipinski definition) is 4. The molecule has 0 saturated carbocycles. The highest BCUT2D eigenvalue weighted by atomic mass is 16.6. The molecule has 0 bridgehead atoms. The molecule has 19 heavy (non-hydrogen) atoms. The van der Waals surface area contributed by atoms with Crippen LogP contribution >= 0.6 is 0 Å². The van der Waals surface area contributed by atoms with E-state index >= 15 is 0 Å². The van der Waals surface area contributed by atoms with Gasteiger partial charge in [-0.1, -0.05) is 0 Å². The second kappa shape index (κ2) is 5.90. The zero-order chi connectivity index (χ0) is 14.7. The maximum atomic E-state index is 11.9. The summed E-state index contributed by atoms with van der Waals surface area (Å²) in [6.07, 6.45) is 1.17. The van der Waals surface area contributed by atoms with E-state index < -0.39 is 5.60 Å². The molecule has 0 aromatic rings. The largest absolute Gasteiger partial charge is 0.444 e. The molecule has 1 aliphatic rings. The third-order valence-corrected chi connectivity index (χ3v) is 3.10. The summed E-state index contributed by atoms with van der Waals surface area (Å²) >= 11 is 0. The number of carbonyl (C=O) groups is 2. The highest BCUT2D eigenvalue weighted by molar-refractivity contribution is 5.76. The maximum Gasteiger partial charge on any atom is 0.410 e. The van der Waals surface area contributed by atoms with Gasteiger partial charge in [-0.2, -0.15) is 0 Å². The number of piperidine rings is 1. The predicted molar refractivity (Wildman–Crippen MR) is 72.1 cm³/mol. The zero-order valence-corrected chi connectivity index (χ0v) is 12.6. The molecule has 0 aliphatic carbocycles. The first-order valence-corrected chi connectivity index (χ1v) is 6.73. The number of Topliss-reactive ketones (excluding diaryl/α,β-unsaturated/α-hetero) is 1. The minimum Gasteiger partial charge on any atom is -0.444 e. The molecule has 0 aromatic carbocycles. The fraction of sp³-hybridized carbons (Fsp3) is 0.857. The quantitative estimate of drug-likeness (QED) is 0.791. The lowest BCUT2D eigenvalue weighted by atomic mass is 9.93. The van der Waals surface area contributed by atoms with Crippen molar-refractivity contribution in [1.29, 1.82) is 0 Å². The molecule has 1 aliphatic heterocycles. The summed E-state index contributed by atoms with van der Waals surface area (Å²) < 4.78 is 11.0. The molecule has 0 N–H and O–H groups in total. The summed E-state index contributed by atoms with van der Waals surface area (Å²) in [7, 11) is 0. The van der Waals surface area contributed by atoms with Gasteiger partial charge in [0.1, 0.15) is 12.2 Å². The number of amides is 1. The van der Waals surface area contributed by atoms with Crippen LogP contribution in [0.15, 0.2) is 0 Å². The lowest BCUT2D eigenvalue weighted by molar-refractivity contribution is -0.131. The highest BCUT2D eigenvalue weighted by Gasteiger charge is 2.34. The van der Waals surface area contributed by atoms with Crippen LogP contribution < -0.4 is 0 Å². The monoisotopic (exact) mass is 271 g/mol. The topological polar surface area (TPSA) is 55.8 Å². The van der Waals surface area contributed by atoms with Crippen molar-refractivity contribution in [3.8, 4) is 0 Å². The van der Waals surface area contributed by atoms with Gasteiger partial charge >= 0.3 is 6.09 Å². The van der Waals surface area contributed by atoms with E-state index in [0.717, 1.165) is 12.8 Å². The molecule has 5 heteroatoms. The molecular weight excluding hydrogens is 246 g/mol. The Kier molecular flexibility index (Phi) is 4.96. The van der Waals surface area contributed by atoms with Gasteiger partial charge in [0.25, 0.3) is 0 Å². The van der Waals surface area contributed by atoms with E-state index in [0.29, 0.717) is 13.1 Å². The van der Waals surface area contributed by atoms with Crippen molar-refractivity contribution < 1.29 is 19.1 Å². The molecule has 0 spiro atoms. The molecule has 1 rings (SSSR count). The van der Waals surface area contributed by atoms with Crippen molar-refractivity contribution in [3.63, 3.8) is 0 Å². The first-order valence-electron chi connectivity index (χ1n) is 6.73. The van der Waals surface area contributed by atoms with Crippen molar-refractivity contribution in [3.05, 3.63) is 0 Å². The molecular formula is C14H25NO4. The van der Waals surface area contributed by atoms with Gasteiger partial charge in [-0.25, -0.2) is 4.79 Å². The summed E-state index contributed by atoms with van der Waals surface area (Å²) in [5.41, 5.74) is -0.785. The first kappa shape index (κ1) is 16.0. The maximum absolute atomic E-state index is 11.9. The average molecular weight is 271 g/mol. The Morgan fingerprint density at radius 2 is 1.74 bits per heavy atom. The number of hydrogen-bond donors (Lipinski definition) is 0.